The highest BCUT2D eigenvalue weighted by molar-refractivity contribution is 5.94. The summed E-state index contributed by atoms with van der Waals surface area (Å²) in [7, 11) is 0. The van der Waals surface area contributed by atoms with E-state index in [2.05, 4.69) is 20.6 Å². The van der Waals surface area contributed by atoms with Crippen LogP contribution in [0.4, 0.5) is 5.95 Å². The number of carbonyl (C=O) groups excluding carboxylic acids is 1. The Labute approximate surface area is 112 Å². The molecule has 2 aliphatic rings. The lowest BCUT2D eigenvalue weighted by Crippen LogP contribution is -2.39. The molecule has 0 saturated carbocycles. The lowest BCUT2D eigenvalue weighted by Gasteiger charge is -2.23. The van der Waals surface area contributed by atoms with Crippen LogP contribution >= 0.6 is 0 Å². The molecule has 2 aliphatic heterocycles. The molecule has 6 heteroatoms. The highest BCUT2D eigenvalue weighted by Gasteiger charge is 2.40. The van der Waals surface area contributed by atoms with Gasteiger partial charge in [0, 0.05) is 44.6 Å². The van der Waals surface area contributed by atoms with Gasteiger partial charge in [-0.25, -0.2) is 9.97 Å². The van der Waals surface area contributed by atoms with Gasteiger partial charge in [-0.1, -0.05) is 0 Å². The number of amides is 1. The first-order valence-electron chi connectivity index (χ1n) is 6.87. The predicted molar refractivity (Wildman–Crippen MR) is 72.0 cm³/mol. The van der Waals surface area contributed by atoms with Gasteiger partial charge in [-0.3, -0.25) is 4.79 Å². The molecule has 2 unspecified atom stereocenters. The van der Waals surface area contributed by atoms with Gasteiger partial charge in [0.1, 0.15) is 0 Å². The normalized spacial score (nSPS) is 25.4. The van der Waals surface area contributed by atoms with Crippen LogP contribution in [0.15, 0.2) is 12.4 Å². The Hall–Kier alpha value is -1.69. The quantitative estimate of drug-likeness (QED) is 0.821. The maximum Gasteiger partial charge on any atom is 0.257 e. The largest absolute Gasteiger partial charge is 0.355 e. The van der Waals surface area contributed by atoms with E-state index in [4.69, 9.17) is 0 Å². The number of hydrogen-bond donors (Lipinski definition) is 2. The van der Waals surface area contributed by atoms with Crippen LogP contribution in [0.5, 0.6) is 0 Å². The van der Waals surface area contributed by atoms with Gasteiger partial charge in [0.2, 0.25) is 5.95 Å². The van der Waals surface area contributed by atoms with E-state index < -0.39 is 0 Å². The van der Waals surface area contributed by atoms with Crippen LogP contribution in [-0.4, -0.2) is 53.0 Å². The van der Waals surface area contributed by atoms with E-state index in [-0.39, 0.29) is 5.91 Å². The van der Waals surface area contributed by atoms with Crippen LogP contribution in [0.3, 0.4) is 0 Å². The molecule has 0 aliphatic carbocycles. The van der Waals surface area contributed by atoms with Crippen molar-refractivity contribution < 1.29 is 4.79 Å². The van der Waals surface area contributed by atoms with E-state index >= 15 is 0 Å². The molecule has 102 valence electrons. The number of hydrogen-bond acceptors (Lipinski definition) is 5. The summed E-state index contributed by atoms with van der Waals surface area (Å²) in [5.74, 6) is 1.24. The fourth-order valence-electron chi connectivity index (χ4n) is 2.96. The third-order valence-corrected chi connectivity index (χ3v) is 3.94. The molecule has 3 heterocycles. The Morgan fingerprint density at radius 2 is 2.26 bits per heavy atom. The number of nitrogens with zero attached hydrogens (tertiary/aromatic N) is 3. The van der Waals surface area contributed by atoms with Crippen molar-refractivity contribution in [1.29, 1.82) is 0 Å². The number of likely N-dealkylation sites (tertiary alicyclic amines) is 1. The molecule has 19 heavy (non-hydrogen) atoms. The molecule has 6 nitrogen and oxygen atoms in total. The van der Waals surface area contributed by atoms with Crippen molar-refractivity contribution >= 4 is 11.9 Å². The first kappa shape index (κ1) is 12.3. The minimum atomic E-state index is 0.0549. The van der Waals surface area contributed by atoms with Gasteiger partial charge in [0.25, 0.3) is 5.91 Å². The summed E-state index contributed by atoms with van der Waals surface area (Å²) in [6.45, 7) is 5.55. The summed E-state index contributed by atoms with van der Waals surface area (Å²) in [6.07, 6.45) is 4.33. The Balaban J connectivity index is 1.73. The van der Waals surface area contributed by atoms with Crippen molar-refractivity contribution in [2.24, 2.45) is 5.92 Å². The van der Waals surface area contributed by atoms with Gasteiger partial charge < -0.3 is 15.5 Å². The summed E-state index contributed by atoms with van der Waals surface area (Å²) in [6, 6.07) is 0.348. The number of fused-ring (bicyclic) bond motifs is 1. The maximum atomic E-state index is 12.5. The van der Waals surface area contributed by atoms with Crippen molar-refractivity contribution in [3.8, 4) is 0 Å². The molecular weight excluding hydrogens is 242 g/mol. The fourth-order valence-corrected chi connectivity index (χ4v) is 2.96. The zero-order chi connectivity index (χ0) is 13.2. The number of aromatic nitrogens is 2. The molecule has 1 aromatic heterocycles. The third-order valence-electron chi connectivity index (χ3n) is 3.94. The minimum Gasteiger partial charge on any atom is -0.355 e. The Morgan fingerprint density at radius 1 is 1.47 bits per heavy atom. The SMILES string of the molecule is CCNc1ncc(C(=O)N2CCC3CNCC32)cn1. The second-order valence-corrected chi connectivity index (χ2v) is 5.10. The lowest BCUT2D eigenvalue weighted by molar-refractivity contribution is 0.0736. The number of anilines is 1. The predicted octanol–water partition coefficient (Wildman–Crippen LogP) is 0.342. The van der Waals surface area contributed by atoms with Gasteiger partial charge in [0.15, 0.2) is 0 Å². The first-order valence-corrected chi connectivity index (χ1v) is 6.87. The topological polar surface area (TPSA) is 70.2 Å². The molecule has 1 amide bonds. The molecule has 1 aromatic rings. The molecule has 2 fully saturated rings. The van der Waals surface area contributed by atoms with Crippen LogP contribution in [0.25, 0.3) is 0 Å². The highest BCUT2D eigenvalue weighted by atomic mass is 16.2. The molecule has 3 rings (SSSR count). The molecule has 2 N–H and O–H groups in total. The Bertz CT molecular complexity index is 461. The van der Waals surface area contributed by atoms with Crippen LogP contribution in [0.2, 0.25) is 0 Å². The molecule has 2 saturated heterocycles. The van der Waals surface area contributed by atoms with E-state index in [1.54, 1.807) is 12.4 Å². The van der Waals surface area contributed by atoms with Crippen molar-refractivity contribution in [2.75, 3.05) is 31.5 Å². The second-order valence-electron chi connectivity index (χ2n) is 5.10. The zero-order valence-electron chi connectivity index (χ0n) is 11.1. The van der Waals surface area contributed by atoms with E-state index in [9.17, 15) is 4.79 Å². The minimum absolute atomic E-state index is 0.0549. The van der Waals surface area contributed by atoms with Crippen LogP contribution in [0, 0.1) is 5.92 Å². The van der Waals surface area contributed by atoms with Crippen LogP contribution in [0.1, 0.15) is 23.7 Å². The van der Waals surface area contributed by atoms with Crippen molar-refractivity contribution in [3.63, 3.8) is 0 Å². The average molecular weight is 261 g/mol. The standard InChI is InChI=1S/C13H19N5O/c1-2-15-13-16-6-10(7-17-13)12(19)18-4-3-9-5-14-8-11(9)18/h6-7,9,11,14H,2-5,8H2,1H3,(H,15,16,17). The summed E-state index contributed by atoms with van der Waals surface area (Å²) >= 11 is 0. The van der Waals surface area contributed by atoms with Crippen LogP contribution in [-0.2, 0) is 0 Å². The first-order chi connectivity index (χ1) is 9.29. The lowest BCUT2D eigenvalue weighted by atomic mass is 10.1. The van der Waals surface area contributed by atoms with Gasteiger partial charge in [-0.2, -0.15) is 0 Å². The number of rotatable bonds is 3. The Kier molecular flexibility index (Phi) is 3.33. The molecular formula is C13H19N5O. The van der Waals surface area contributed by atoms with Gasteiger partial charge in [-0.05, 0) is 19.3 Å². The van der Waals surface area contributed by atoms with Crippen molar-refractivity contribution in [2.45, 2.75) is 19.4 Å². The summed E-state index contributed by atoms with van der Waals surface area (Å²) in [5, 5.41) is 6.37. The zero-order valence-corrected chi connectivity index (χ0v) is 11.1. The van der Waals surface area contributed by atoms with E-state index in [0.717, 1.165) is 32.6 Å². The molecule has 0 bridgehead atoms. The molecule has 0 radical (unpaired) electrons. The highest BCUT2D eigenvalue weighted by Crippen LogP contribution is 2.28. The van der Waals surface area contributed by atoms with Crippen LogP contribution < -0.4 is 10.6 Å². The van der Waals surface area contributed by atoms with Gasteiger partial charge >= 0.3 is 0 Å². The molecule has 0 spiro atoms. The monoisotopic (exact) mass is 261 g/mol. The van der Waals surface area contributed by atoms with E-state index in [1.165, 1.54) is 0 Å². The fraction of sp³-hybridized carbons (Fsp3) is 0.615. The average Bonchev–Trinajstić information content (AvgIpc) is 3.01. The molecule has 0 aromatic carbocycles. The summed E-state index contributed by atoms with van der Waals surface area (Å²) in [4.78, 5) is 22.7. The van der Waals surface area contributed by atoms with Crippen molar-refractivity contribution in [3.05, 3.63) is 18.0 Å². The maximum absolute atomic E-state index is 12.5. The smallest absolute Gasteiger partial charge is 0.257 e. The van der Waals surface area contributed by atoms with Gasteiger partial charge in [-0.15, -0.1) is 0 Å². The molecule has 2 atom stereocenters. The number of carbonyl (C=O) groups is 1. The van der Waals surface area contributed by atoms with E-state index in [1.807, 2.05) is 11.8 Å². The summed E-state index contributed by atoms with van der Waals surface area (Å²) in [5.41, 5.74) is 0.578. The second kappa shape index (κ2) is 5.13. The third kappa shape index (κ3) is 2.28. The van der Waals surface area contributed by atoms with Crippen molar-refractivity contribution in [1.82, 2.24) is 20.2 Å². The summed E-state index contributed by atoms with van der Waals surface area (Å²) < 4.78 is 0. The van der Waals surface area contributed by atoms with Gasteiger partial charge in [0.05, 0.1) is 5.56 Å². The van der Waals surface area contributed by atoms with E-state index in [0.29, 0.717) is 23.5 Å². The number of nitrogens with one attached hydrogen (secondary N) is 2. The Morgan fingerprint density at radius 3 is 3.00 bits per heavy atom.